The van der Waals surface area contributed by atoms with Crippen LogP contribution in [0, 0.1) is 5.92 Å². The summed E-state index contributed by atoms with van der Waals surface area (Å²) in [7, 11) is 1.54. The molecule has 0 unspecified atom stereocenters. The number of carbonyl (C=O) groups is 3. The average molecular weight is 744 g/mol. The van der Waals surface area contributed by atoms with E-state index in [1.54, 1.807) is 47.1 Å². The van der Waals surface area contributed by atoms with E-state index in [0.717, 1.165) is 48.4 Å². The van der Waals surface area contributed by atoms with Crippen molar-refractivity contribution in [1.82, 2.24) is 10.2 Å². The van der Waals surface area contributed by atoms with Gasteiger partial charge in [-0.2, -0.15) is 0 Å². The van der Waals surface area contributed by atoms with Crippen molar-refractivity contribution >= 4 is 34.8 Å². The monoisotopic (exact) mass is 743 g/mol. The molecule has 11 nitrogen and oxygen atoms in total. The third-order valence-electron chi connectivity index (χ3n) is 11.3. The Bertz CT molecular complexity index is 2020. The molecule has 1 spiro atoms. The van der Waals surface area contributed by atoms with Crippen molar-refractivity contribution in [2.45, 2.75) is 50.4 Å². The van der Waals surface area contributed by atoms with Crippen LogP contribution < -0.4 is 24.8 Å². The molecule has 3 heterocycles. The Morgan fingerprint density at radius 3 is 2.27 bits per heavy atom. The molecule has 0 saturated carbocycles. The Morgan fingerprint density at radius 1 is 0.909 bits per heavy atom. The molecule has 0 aromatic heterocycles. The summed E-state index contributed by atoms with van der Waals surface area (Å²) >= 11 is 0. The highest BCUT2D eigenvalue weighted by Crippen LogP contribution is 2.47. The lowest BCUT2D eigenvalue weighted by atomic mass is 9.83. The molecule has 0 radical (unpaired) electrons. The molecule has 2 fully saturated rings. The number of carbonyl (C=O) groups excluding carboxylic acids is 3. The highest BCUT2D eigenvalue weighted by atomic mass is 16.5. The van der Waals surface area contributed by atoms with Crippen LogP contribution in [0.3, 0.4) is 0 Å². The van der Waals surface area contributed by atoms with Crippen molar-refractivity contribution in [2.75, 3.05) is 54.7 Å². The van der Waals surface area contributed by atoms with Gasteiger partial charge in [-0.05, 0) is 79.5 Å². The molecule has 286 valence electrons. The normalized spacial score (nSPS) is 19.7. The van der Waals surface area contributed by atoms with E-state index in [1.165, 1.54) is 7.11 Å². The predicted octanol–water partition coefficient (Wildman–Crippen LogP) is 4.97. The molecule has 3 N–H and O–H groups in total. The summed E-state index contributed by atoms with van der Waals surface area (Å²) in [5.41, 5.74) is 2.08. The van der Waals surface area contributed by atoms with Gasteiger partial charge in [0.25, 0.3) is 11.8 Å². The fourth-order valence-electron chi connectivity index (χ4n) is 8.20. The number of rotatable bonds is 13. The number of nitrogens with one attached hydrogen (secondary N) is 1. The van der Waals surface area contributed by atoms with Crippen LogP contribution >= 0.6 is 0 Å². The molecule has 4 aromatic carbocycles. The van der Waals surface area contributed by atoms with Crippen LogP contribution in [-0.2, 0) is 33.1 Å². The van der Waals surface area contributed by atoms with Crippen molar-refractivity contribution in [2.24, 2.45) is 5.92 Å². The standard InChI is InChI=1S/C44H49N5O6/c1-32(10-9-15-40(51)46(26-27-50)29-33-11-5-3-6-12-33)44(54)38-28-37(55-2)20-21-39(38)47(42(44)53)30-34-16-18-35(19-17-34)48-31-49(36-13-7-4-8-14-36)43(41(48)52)22-24-45-25-23-43/h3-14,16-21,28,32,45,50,54H,15,22-27,29-31H2,1-2H3/b10-9+/t32-,44+/m0/s1. The van der Waals surface area contributed by atoms with E-state index >= 15 is 0 Å². The Labute approximate surface area is 322 Å². The first-order valence-corrected chi connectivity index (χ1v) is 19.0. The van der Waals surface area contributed by atoms with Crippen LogP contribution in [0.4, 0.5) is 17.1 Å². The zero-order valence-electron chi connectivity index (χ0n) is 31.4. The van der Waals surface area contributed by atoms with Gasteiger partial charge in [0.15, 0.2) is 5.60 Å². The smallest absolute Gasteiger partial charge is 0.264 e. The van der Waals surface area contributed by atoms with Gasteiger partial charge in [-0.15, -0.1) is 0 Å². The Balaban J connectivity index is 1.08. The van der Waals surface area contributed by atoms with Gasteiger partial charge in [-0.25, -0.2) is 0 Å². The zero-order chi connectivity index (χ0) is 38.6. The first-order chi connectivity index (χ1) is 26.7. The molecule has 2 saturated heterocycles. The minimum atomic E-state index is -1.91. The van der Waals surface area contributed by atoms with Gasteiger partial charge < -0.3 is 35.0 Å². The Morgan fingerprint density at radius 2 is 1.60 bits per heavy atom. The Hall–Kier alpha value is -5.49. The minimum Gasteiger partial charge on any atom is -0.497 e. The van der Waals surface area contributed by atoms with Crippen molar-refractivity contribution in [3.8, 4) is 5.75 Å². The quantitative estimate of drug-likeness (QED) is 0.164. The summed E-state index contributed by atoms with van der Waals surface area (Å²) < 4.78 is 5.49. The van der Waals surface area contributed by atoms with Crippen LogP contribution in [0.1, 0.15) is 42.9 Å². The van der Waals surface area contributed by atoms with Gasteiger partial charge in [-0.1, -0.05) is 79.7 Å². The number of amides is 3. The largest absolute Gasteiger partial charge is 0.497 e. The molecule has 7 rings (SSSR count). The lowest BCUT2D eigenvalue weighted by Crippen LogP contribution is -2.55. The maximum Gasteiger partial charge on any atom is 0.264 e. The first kappa shape index (κ1) is 37.8. The number of nitrogens with zero attached hydrogens (tertiary/aromatic N) is 4. The first-order valence-electron chi connectivity index (χ1n) is 19.0. The van der Waals surface area contributed by atoms with Crippen molar-refractivity contribution in [3.05, 3.63) is 132 Å². The van der Waals surface area contributed by atoms with Gasteiger partial charge in [-0.3, -0.25) is 19.3 Å². The van der Waals surface area contributed by atoms with Crippen LogP contribution in [0.5, 0.6) is 5.75 Å². The summed E-state index contributed by atoms with van der Waals surface area (Å²) in [6, 6.07) is 32.6. The second-order valence-electron chi connectivity index (χ2n) is 14.6. The predicted molar refractivity (Wildman–Crippen MR) is 212 cm³/mol. The number of hydrogen-bond donors (Lipinski definition) is 3. The van der Waals surface area contributed by atoms with E-state index in [9.17, 15) is 24.6 Å². The average Bonchev–Trinajstić information content (AvgIpc) is 3.61. The highest BCUT2D eigenvalue weighted by molar-refractivity contribution is 6.08. The third-order valence-corrected chi connectivity index (χ3v) is 11.3. The van der Waals surface area contributed by atoms with Gasteiger partial charge in [0, 0.05) is 42.4 Å². The number of piperidine rings is 1. The van der Waals surface area contributed by atoms with Gasteiger partial charge in [0.1, 0.15) is 11.3 Å². The number of hydrogen-bond acceptors (Lipinski definition) is 8. The molecule has 3 amide bonds. The Kier molecular flexibility index (Phi) is 11.1. The second kappa shape index (κ2) is 16.1. The SMILES string of the molecule is COc1ccc2c(c1)[C@](O)([C@@H](C)/C=C/CC(=O)N(CCO)Cc1ccccc1)C(=O)N2Cc1ccc(N2CN(c3ccccc3)C3(CCNCC3)C2=O)cc1. The second-order valence-corrected chi connectivity index (χ2v) is 14.6. The molecule has 3 aliphatic rings. The number of fused-ring (bicyclic) bond motifs is 1. The molecule has 11 heteroatoms. The molecule has 55 heavy (non-hydrogen) atoms. The van der Waals surface area contributed by atoms with Crippen LogP contribution in [0.2, 0.25) is 0 Å². The molecule has 0 bridgehead atoms. The van der Waals surface area contributed by atoms with E-state index < -0.39 is 23.0 Å². The number of methoxy groups -OCH3 is 1. The molecule has 2 atom stereocenters. The number of anilines is 3. The summed E-state index contributed by atoms with van der Waals surface area (Å²) in [5.74, 6) is -0.742. The van der Waals surface area contributed by atoms with E-state index in [-0.39, 0.29) is 37.9 Å². The fraction of sp³-hybridized carbons (Fsp3) is 0.341. The topological polar surface area (TPSA) is 126 Å². The van der Waals surface area contributed by atoms with Gasteiger partial charge >= 0.3 is 0 Å². The maximum absolute atomic E-state index is 14.3. The number of benzene rings is 4. The van der Waals surface area contributed by atoms with Gasteiger partial charge in [0.2, 0.25) is 5.91 Å². The third kappa shape index (κ3) is 7.23. The molecule has 4 aromatic rings. The maximum atomic E-state index is 14.3. The van der Waals surface area contributed by atoms with E-state index in [2.05, 4.69) is 22.3 Å². The van der Waals surface area contributed by atoms with Gasteiger partial charge in [0.05, 0.1) is 32.6 Å². The summed E-state index contributed by atoms with van der Waals surface area (Å²) in [4.78, 5) is 49.0. The van der Waals surface area contributed by atoms with Crippen molar-refractivity contribution < 1.29 is 29.3 Å². The van der Waals surface area contributed by atoms with Crippen LogP contribution in [-0.4, -0.2) is 78.4 Å². The molecular weight excluding hydrogens is 695 g/mol. The number of ether oxygens (including phenoxy) is 1. The lowest BCUT2D eigenvalue weighted by molar-refractivity contribution is -0.139. The zero-order valence-corrected chi connectivity index (χ0v) is 31.4. The minimum absolute atomic E-state index is 0.0448. The number of para-hydroxylation sites is 1. The van der Waals surface area contributed by atoms with Crippen LogP contribution in [0.25, 0.3) is 0 Å². The molecule has 0 aliphatic carbocycles. The van der Waals surface area contributed by atoms with E-state index in [1.807, 2.05) is 77.7 Å². The number of aliphatic hydroxyl groups is 2. The van der Waals surface area contributed by atoms with Crippen LogP contribution in [0.15, 0.2) is 115 Å². The summed E-state index contributed by atoms with van der Waals surface area (Å²) in [6.07, 6.45) is 4.88. The summed E-state index contributed by atoms with van der Waals surface area (Å²) in [5, 5.41) is 25.3. The van der Waals surface area contributed by atoms with Crippen molar-refractivity contribution in [1.29, 1.82) is 0 Å². The highest BCUT2D eigenvalue weighted by Gasteiger charge is 2.54. The lowest BCUT2D eigenvalue weighted by Gasteiger charge is -2.39. The molecule has 3 aliphatic heterocycles. The van der Waals surface area contributed by atoms with Crippen molar-refractivity contribution in [3.63, 3.8) is 0 Å². The van der Waals surface area contributed by atoms with E-state index in [0.29, 0.717) is 30.2 Å². The summed E-state index contributed by atoms with van der Waals surface area (Å²) in [6.45, 7) is 4.36. The number of aliphatic hydroxyl groups excluding tert-OH is 1. The fourth-order valence-corrected chi connectivity index (χ4v) is 8.20. The van der Waals surface area contributed by atoms with E-state index in [4.69, 9.17) is 4.74 Å². The molecular formula is C44H49N5O6.